The Hall–Kier alpha value is -2.00. The first-order valence-corrected chi connectivity index (χ1v) is 6.42. The smallest absolute Gasteiger partial charge is 0.121 e. The zero-order valence-electron chi connectivity index (χ0n) is 11.1. The molecule has 19 heavy (non-hydrogen) atoms. The molecule has 0 radical (unpaired) electrons. The molecular formula is C16H19NO2. The molecule has 0 aliphatic carbocycles. The van der Waals surface area contributed by atoms with Gasteiger partial charge < -0.3 is 14.8 Å². The third-order valence-corrected chi connectivity index (χ3v) is 2.66. The molecule has 0 aromatic heterocycles. The number of hydrogen-bond acceptors (Lipinski definition) is 3. The Balaban J connectivity index is 1.91. The number of rotatable bonds is 7. The van der Waals surface area contributed by atoms with Crippen molar-refractivity contribution in [2.75, 3.05) is 25.6 Å². The van der Waals surface area contributed by atoms with Gasteiger partial charge in [-0.3, -0.25) is 0 Å². The van der Waals surface area contributed by atoms with Crippen molar-refractivity contribution in [2.45, 2.75) is 6.42 Å². The van der Waals surface area contributed by atoms with Crippen LogP contribution >= 0.6 is 0 Å². The predicted octanol–water partition coefficient (Wildman–Crippen LogP) is 3.85. The zero-order chi connectivity index (χ0) is 13.3. The molecule has 100 valence electrons. The average Bonchev–Trinajstić information content (AvgIpc) is 2.45. The van der Waals surface area contributed by atoms with Crippen molar-refractivity contribution >= 4 is 11.4 Å². The van der Waals surface area contributed by atoms with E-state index in [9.17, 15) is 0 Å². The van der Waals surface area contributed by atoms with E-state index in [1.54, 1.807) is 7.11 Å². The average molecular weight is 257 g/mol. The third kappa shape index (κ3) is 4.64. The van der Waals surface area contributed by atoms with Crippen molar-refractivity contribution in [1.29, 1.82) is 0 Å². The summed E-state index contributed by atoms with van der Waals surface area (Å²) in [5.41, 5.74) is 2.09. The van der Waals surface area contributed by atoms with Gasteiger partial charge in [0.2, 0.25) is 0 Å². The fourth-order valence-electron chi connectivity index (χ4n) is 1.75. The minimum absolute atomic E-state index is 0.669. The summed E-state index contributed by atoms with van der Waals surface area (Å²) in [5.74, 6) is 0.872. The Bertz CT molecular complexity index is 485. The minimum Gasteiger partial charge on any atom is -0.493 e. The molecule has 3 nitrogen and oxygen atoms in total. The first-order chi connectivity index (χ1) is 9.38. The second kappa shape index (κ2) is 7.44. The highest BCUT2D eigenvalue weighted by Gasteiger charge is 1.97. The second-order valence-electron chi connectivity index (χ2n) is 4.21. The second-order valence-corrected chi connectivity index (χ2v) is 4.21. The maximum atomic E-state index is 5.67. The lowest BCUT2D eigenvalue weighted by molar-refractivity contribution is 0.172. The molecule has 0 aliphatic heterocycles. The van der Waals surface area contributed by atoms with Gasteiger partial charge in [-0.15, -0.1) is 0 Å². The van der Waals surface area contributed by atoms with Crippen LogP contribution in [0.3, 0.4) is 0 Å². The lowest BCUT2D eigenvalue weighted by atomic mass is 10.2. The van der Waals surface area contributed by atoms with Crippen LogP contribution in [-0.4, -0.2) is 20.3 Å². The van der Waals surface area contributed by atoms with Crippen LogP contribution in [0.15, 0.2) is 54.6 Å². The Labute approximate surface area is 114 Å². The van der Waals surface area contributed by atoms with Gasteiger partial charge in [0.25, 0.3) is 0 Å². The molecule has 0 atom stereocenters. The monoisotopic (exact) mass is 257 g/mol. The van der Waals surface area contributed by atoms with Crippen LogP contribution in [-0.2, 0) is 4.74 Å². The molecule has 0 heterocycles. The molecule has 1 N–H and O–H groups in total. The quantitative estimate of drug-likeness (QED) is 0.764. The summed E-state index contributed by atoms with van der Waals surface area (Å²) < 4.78 is 10.7. The fraction of sp³-hybridized carbons (Fsp3) is 0.250. The van der Waals surface area contributed by atoms with Crippen LogP contribution in [0.25, 0.3) is 0 Å². The van der Waals surface area contributed by atoms with Gasteiger partial charge in [-0.2, -0.15) is 0 Å². The van der Waals surface area contributed by atoms with Crippen molar-refractivity contribution < 1.29 is 9.47 Å². The van der Waals surface area contributed by atoms with Gasteiger partial charge >= 0.3 is 0 Å². The van der Waals surface area contributed by atoms with Crippen LogP contribution < -0.4 is 10.1 Å². The predicted molar refractivity (Wildman–Crippen MR) is 78.2 cm³/mol. The molecule has 0 saturated heterocycles. The first-order valence-electron chi connectivity index (χ1n) is 6.42. The molecule has 2 aromatic carbocycles. The molecule has 0 saturated carbocycles. The Morgan fingerprint density at radius 2 is 1.68 bits per heavy atom. The van der Waals surface area contributed by atoms with E-state index in [0.29, 0.717) is 6.61 Å². The zero-order valence-corrected chi connectivity index (χ0v) is 11.1. The first kappa shape index (κ1) is 13.4. The van der Waals surface area contributed by atoms with Gasteiger partial charge in [-0.1, -0.05) is 24.3 Å². The topological polar surface area (TPSA) is 30.5 Å². The van der Waals surface area contributed by atoms with Crippen molar-refractivity contribution in [1.82, 2.24) is 0 Å². The van der Waals surface area contributed by atoms with Gasteiger partial charge in [-0.05, 0) is 24.3 Å². The van der Waals surface area contributed by atoms with E-state index in [1.807, 2.05) is 54.6 Å². The Morgan fingerprint density at radius 3 is 2.47 bits per heavy atom. The highest BCUT2D eigenvalue weighted by molar-refractivity contribution is 5.60. The molecule has 0 unspecified atom stereocenters. The van der Waals surface area contributed by atoms with Gasteiger partial charge in [0.05, 0.1) is 6.61 Å². The highest BCUT2D eigenvalue weighted by Crippen LogP contribution is 2.21. The number of ether oxygens (including phenoxy) is 2. The summed E-state index contributed by atoms with van der Waals surface area (Å²) in [6, 6.07) is 18.0. The number of methoxy groups -OCH3 is 1. The molecular weight excluding hydrogens is 238 g/mol. The molecule has 2 aromatic rings. The largest absolute Gasteiger partial charge is 0.493 e. The molecule has 2 rings (SSSR count). The van der Waals surface area contributed by atoms with E-state index in [-0.39, 0.29) is 0 Å². The van der Waals surface area contributed by atoms with Crippen molar-refractivity contribution in [3.05, 3.63) is 54.6 Å². The number of para-hydroxylation sites is 1. The summed E-state index contributed by atoms with van der Waals surface area (Å²) in [6.07, 6.45) is 0.896. The maximum absolute atomic E-state index is 5.67. The van der Waals surface area contributed by atoms with E-state index in [4.69, 9.17) is 9.47 Å². The molecule has 0 spiro atoms. The number of benzene rings is 2. The van der Waals surface area contributed by atoms with Crippen LogP contribution in [0.5, 0.6) is 5.75 Å². The summed E-state index contributed by atoms with van der Waals surface area (Å²) in [5, 5.41) is 3.34. The van der Waals surface area contributed by atoms with Crippen molar-refractivity contribution in [3.63, 3.8) is 0 Å². The van der Waals surface area contributed by atoms with Gasteiger partial charge in [0, 0.05) is 37.6 Å². The van der Waals surface area contributed by atoms with Crippen LogP contribution in [0.4, 0.5) is 11.4 Å². The highest BCUT2D eigenvalue weighted by atomic mass is 16.5. The van der Waals surface area contributed by atoms with E-state index >= 15 is 0 Å². The summed E-state index contributed by atoms with van der Waals surface area (Å²) in [4.78, 5) is 0. The molecule has 0 bridgehead atoms. The lowest BCUT2D eigenvalue weighted by Crippen LogP contribution is -2.01. The van der Waals surface area contributed by atoms with E-state index in [2.05, 4.69) is 5.32 Å². The maximum Gasteiger partial charge on any atom is 0.121 e. The third-order valence-electron chi connectivity index (χ3n) is 2.66. The molecule has 0 fully saturated rings. The molecule has 0 aliphatic rings. The number of nitrogens with one attached hydrogen (secondary N) is 1. The molecule has 0 amide bonds. The van der Waals surface area contributed by atoms with E-state index in [1.165, 1.54) is 0 Å². The van der Waals surface area contributed by atoms with Crippen LogP contribution in [0.2, 0.25) is 0 Å². The van der Waals surface area contributed by atoms with Crippen molar-refractivity contribution in [2.24, 2.45) is 0 Å². The summed E-state index contributed by atoms with van der Waals surface area (Å²) >= 11 is 0. The Kier molecular flexibility index (Phi) is 5.26. The summed E-state index contributed by atoms with van der Waals surface area (Å²) in [7, 11) is 1.70. The molecule has 3 heteroatoms. The lowest BCUT2D eigenvalue weighted by Gasteiger charge is -2.09. The van der Waals surface area contributed by atoms with Gasteiger partial charge in [0.1, 0.15) is 5.75 Å². The van der Waals surface area contributed by atoms with Gasteiger partial charge in [0.15, 0.2) is 0 Å². The Morgan fingerprint density at radius 1 is 0.895 bits per heavy atom. The number of anilines is 2. The van der Waals surface area contributed by atoms with E-state index < -0.39 is 0 Å². The van der Waals surface area contributed by atoms with E-state index in [0.717, 1.165) is 30.2 Å². The summed E-state index contributed by atoms with van der Waals surface area (Å²) in [6.45, 7) is 1.39. The van der Waals surface area contributed by atoms with Crippen LogP contribution in [0.1, 0.15) is 6.42 Å². The SMILES string of the molecule is COCCCOc1cccc(Nc2ccccc2)c1. The fourth-order valence-corrected chi connectivity index (χ4v) is 1.75. The minimum atomic E-state index is 0.669. The van der Waals surface area contributed by atoms with Crippen LogP contribution in [0, 0.1) is 0 Å². The number of hydrogen-bond donors (Lipinski definition) is 1. The standard InChI is InChI=1S/C16H19NO2/c1-18-11-6-12-19-16-10-5-9-15(13-16)17-14-7-3-2-4-8-14/h2-5,7-10,13,17H,6,11-12H2,1H3. The van der Waals surface area contributed by atoms with Crippen molar-refractivity contribution in [3.8, 4) is 5.75 Å². The normalized spacial score (nSPS) is 10.2. The van der Waals surface area contributed by atoms with Gasteiger partial charge in [-0.25, -0.2) is 0 Å².